The standard InChI is InChI=1S/C12H14N2O2S/c1-16-12(15)5-8-7-13-11-4-3-9(14-17-2)6-10(8)11/h3-4,6-7,13-14H,5H2,1-2H3. The van der Waals surface area contributed by atoms with Crippen molar-refractivity contribution in [1.82, 2.24) is 4.98 Å². The van der Waals surface area contributed by atoms with Gasteiger partial charge in [-0.15, -0.1) is 0 Å². The molecule has 0 bridgehead atoms. The average Bonchev–Trinajstić information content (AvgIpc) is 2.72. The van der Waals surface area contributed by atoms with E-state index in [2.05, 4.69) is 14.4 Å². The Kier molecular flexibility index (Phi) is 3.58. The summed E-state index contributed by atoms with van der Waals surface area (Å²) in [4.78, 5) is 14.4. The Balaban J connectivity index is 2.36. The van der Waals surface area contributed by atoms with Crippen LogP contribution in [0.25, 0.3) is 10.9 Å². The van der Waals surface area contributed by atoms with E-state index in [-0.39, 0.29) is 5.97 Å². The van der Waals surface area contributed by atoms with E-state index in [9.17, 15) is 4.79 Å². The van der Waals surface area contributed by atoms with E-state index in [4.69, 9.17) is 0 Å². The van der Waals surface area contributed by atoms with Gasteiger partial charge in [-0.3, -0.25) is 4.79 Å². The number of nitrogens with one attached hydrogen (secondary N) is 2. The maximum Gasteiger partial charge on any atom is 0.310 e. The van der Waals surface area contributed by atoms with Gasteiger partial charge in [0.25, 0.3) is 0 Å². The molecule has 1 aromatic heterocycles. The molecule has 0 aliphatic carbocycles. The third-order valence-corrected chi connectivity index (χ3v) is 2.99. The second-order valence-corrected chi connectivity index (χ2v) is 4.25. The van der Waals surface area contributed by atoms with E-state index in [0.29, 0.717) is 6.42 Å². The van der Waals surface area contributed by atoms with Crippen molar-refractivity contribution in [1.29, 1.82) is 0 Å². The van der Waals surface area contributed by atoms with Crippen molar-refractivity contribution >= 4 is 34.5 Å². The third-order valence-electron chi connectivity index (χ3n) is 2.55. The Morgan fingerprint density at radius 3 is 3.06 bits per heavy atom. The third kappa shape index (κ3) is 2.55. The molecule has 1 aromatic carbocycles. The van der Waals surface area contributed by atoms with Gasteiger partial charge in [0, 0.05) is 29.0 Å². The Morgan fingerprint density at radius 2 is 2.35 bits per heavy atom. The zero-order valence-corrected chi connectivity index (χ0v) is 10.6. The summed E-state index contributed by atoms with van der Waals surface area (Å²) in [6.07, 6.45) is 4.11. The number of carbonyl (C=O) groups is 1. The van der Waals surface area contributed by atoms with E-state index >= 15 is 0 Å². The Morgan fingerprint density at radius 1 is 1.53 bits per heavy atom. The molecular formula is C12H14N2O2S. The largest absolute Gasteiger partial charge is 0.469 e. The fourth-order valence-corrected chi connectivity index (χ4v) is 2.10. The number of hydrogen-bond donors (Lipinski definition) is 2. The molecule has 0 saturated carbocycles. The lowest BCUT2D eigenvalue weighted by atomic mass is 10.1. The van der Waals surface area contributed by atoms with Gasteiger partial charge in [-0.2, -0.15) is 0 Å². The van der Waals surface area contributed by atoms with Gasteiger partial charge >= 0.3 is 5.97 Å². The van der Waals surface area contributed by atoms with Crippen LogP contribution in [-0.2, 0) is 16.0 Å². The number of rotatable bonds is 4. The van der Waals surface area contributed by atoms with E-state index in [1.54, 1.807) is 0 Å². The number of carbonyl (C=O) groups excluding carboxylic acids is 1. The van der Waals surface area contributed by atoms with Gasteiger partial charge in [-0.25, -0.2) is 0 Å². The predicted octanol–water partition coefficient (Wildman–Crippen LogP) is 2.57. The maximum absolute atomic E-state index is 11.3. The number of anilines is 1. The quantitative estimate of drug-likeness (QED) is 0.647. The number of aromatic amines is 1. The first-order valence-corrected chi connectivity index (χ1v) is 6.43. The number of fused-ring (bicyclic) bond motifs is 1. The highest BCUT2D eigenvalue weighted by Crippen LogP contribution is 2.24. The van der Waals surface area contributed by atoms with Gasteiger partial charge in [-0.05, 0) is 23.8 Å². The van der Waals surface area contributed by atoms with Crippen molar-refractivity contribution in [2.45, 2.75) is 6.42 Å². The Labute approximate surface area is 104 Å². The number of aromatic nitrogens is 1. The smallest absolute Gasteiger partial charge is 0.310 e. The van der Waals surface area contributed by atoms with Crippen LogP contribution >= 0.6 is 11.9 Å². The topological polar surface area (TPSA) is 54.1 Å². The fraction of sp³-hybridized carbons (Fsp3) is 0.250. The summed E-state index contributed by atoms with van der Waals surface area (Å²) in [5.41, 5.74) is 3.00. The second kappa shape index (κ2) is 5.14. The molecule has 0 radical (unpaired) electrons. The van der Waals surface area contributed by atoms with Crippen molar-refractivity contribution in [3.8, 4) is 0 Å². The summed E-state index contributed by atoms with van der Waals surface area (Å²) in [5, 5.41) is 1.05. The first-order chi connectivity index (χ1) is 8.24. The van der Waals surface area contributed by atoms with Crippen molar-refractivity contribution in [3.05, 3.63) is 30.0 Å². The van der Waals surface area contributed by atoms with Crippen LogP contribution in [0, 0.1) is 0 Å². The Bertz CT molecular complexity index is 536. The minimum atomic E-state index is -0.228. The molecule has 2 rings (SSSR count). The van der Waals surface area contributed by atoms with Gasteiger partial charge in [0.1, 0.15) is 0 Å². The van der Waals surface area contributed by atoms with Crippen molar-refractivity contribution in [2.24, 2.45) is 0 Å². The normalized spacial score (nSPS) is 10.5. The zero-order chi connectivity index (χ0) is 12.3. The monoisotopic (exact) mass is 250 g/mol. The van der Waals surface area contributed by atoms with Crippen LogP contribution in [0.3, 0.4) is 0 Å². The molecule has 0 saturated heterocycles. The molecule has 4 nitrogen and oxygen atoms in total. The number of methoxy groups -OCH3 is 1. The van der Waals surface area contributed by atoms with Crippen LogP contribution in [0.5, 0.6) is 0 Å². The summed E-state index contributed by atoms with van der Waals surface area (Å²) in [5.74, 6) is -0.228. The molecule has 0 aliphatic heterocycles. The van der Waals surface area contributed by atoms with Gasteiger partial charge in [0.05, 0.1) is 13.5 Å². The molecule has 17 heavy (non-hydrogen) atoms. The number of esters is 1. The number of ether oxygens (including phenoxy) is 1. The summed E-state index contributed by atoms with van der Waals surface area (Å²) in [6.45, 7) is 0. The van der Waals surface area contributed by atoms with Gasteiger partial charge in [-0.1, -0.05) is 11.9 Å². The summed E-state index contributed by atoms with van der Waals surface area (Å²) in [7, 11) is 1.40. The molecule has 0 atom stereocenters. The number of H-pyrrole nitrogens is 1. The molecule has 5 heteroatoms. The lowest BCUT2D eigenvalue weighted by molar-refractivity contribution is -0.139. The second-order valence-electron chi connectivity index (χ2n) is 3.63. The van der Waals surface area contributed by atoms with Crippen LogP contribution in [0.15, 0.2) is 24.4 Å². The molecule has 0 fully saturated rings. The van der Waals surface area contributed by atoms with Crippen LogP contribution < -0.4 is 4.72 Å². The van der Waals surface area contributed by atoms with Crippen molar-refractivity contribution in [2.75, 3.05) is 18.1 Å². The lowest BCUT2D eigenvalue weighted by Gasteiger charge is -2.03. The highest BCUT2D eigenvalue weighted by molar-refractivity contribution is 7.99. The molecule has 0 aliphatic rings. The minimum Gasteiger partial charge on any atom is -0.469 e. The average molecular weight is 250 g/mol. The van der Waals surface area contributed by atoms with Crippen molar-refractivity contribution < 1.29 is 9.53 Å². The van der Waals surface area contributed by atoms with E-state index < -0.39 is 0 Å². The molecule has 0 unspecified atom stereocenters. The highest BCUT2D eigenvalue weighted by atomic mass is 32.2. The summed E-state index contributed by atoms with van der Waals surface area (Å²) >= 11 is 1.54. The van der Waals surface area contributed by atoms with Gasteiger partial charge in [0.15, 0.2) is 0 Å². The molecule has 0 amide bonds. The number of benzene rings is 1. The van der Waals surface area contributed by atoms with Crippen LogP contribution in [0.4, 0.5) is 5.69 Å². The van der Waals surface area contributed by atoms with E-state index in [1.165, 1.54) is 19.1 Å². The van der Waals surface area contributed by atoms with E-state index in [1.807, 2.05) is 30.7 Å². The molecule has 1 heterocycles. The van der Waals surface area contributed by atoms with Gasteiger partial charge in [0.2, 0.25) is 0 Å². The molecule has 2 aromatic rings. The van der Waals surface area contributed by atoms with E-state index in [0.717, 1.165) is 22.2 Å². The summed E-state index contributed by atoms with van der Waals surface area (Å²) < 4.78 is 7.85. The zero-order valence-electron chi connectivity index (χ0n) is 9.74. The predicted molar refractivity (Wildman–Crippen MR) is 71.2 cm³/mol. The highest BCUT2D eigenvalue weighted by Gasteiger charge is 2.09. The van der Waals surface area contributed by atoms with Crippen LogP contribution in [0.2, 0.25) is 0 Å². The van der Waals surface area contributed by atoms with Crippen LogP contribution in [-0.4, -0.2) is 24.3 Å². The fourth-order valence-electron chi connectivity index (χ4n) is 1.73. The van der Waals surface area contributed by atoms with Crippen molar-refractivity contribution in [3.63, 3.8) is 0 Å². The lowest BCUT2D eigenvalue weighted by Crippen LogP contribution is -2.03. The first-order valence-electron chi connectivity index (χ1n) is 5.20. The first kappa shape index (κ1) is 11.9. The molecule has 0 spiro atoms. The maximum atomic E-state index is 11.3. The Hall–Kier alpha value is -1.62. The summed E-state index contributed by atoms with van der Waals surface area (Å²) in [6, 6.07) is 6.02. The van der Waals surface area contributed by atoms with Crippen LogP contribution in [0.1, 0.15) is 5.56 Å². The van der Waals surface area contributed by atoms with Gasteiger partial charge < -0.3 is 14.4 Å². The molecule has 90 valence electrons. The minimum absolute atomic E-state index is 0.228. The molecular weight excluding hydrogens is 236 g/mol. The number of hydrogen-bond acceptors (Lipinski definition) is 4. The SMILES string of the molecule is COC(=O)Cc1c[nH]c2ccc(NSC)cc12. The molecule has 2 N–H and O–H groups in total.